The maximum Gasteiger partial charge on any atom is 0.282 e. The lowest BCUT2D eigenvalue weighted by Crippen LogP contribution is -2.32. The summed E-state index contributed by atoms with van der Waals surface area (Å²) in [4.78, 5) is 19.3. The van der Waals surface area contributed by atoms with Crippen molar-refractivity contribution in [1.82, 2.24) is 0 Å². The SMILES string of the molecule is COc1ccc(C2=N/C(=C/c3cccc(OC)c3)C(=O)N2c2ccc(F)cc2)cc1. The van der Waals surface area contributed by atoms with Crippen LogP contribution in [-0.4, -0.2) is 26.0 Å². The second-order valence-electron chi connectivity index (χ2n) is 6.59. The van der Waals surface area contributed by atoms with Crippen LogP contribution in [0.2, 0.25) is 0 Å². The molecule has 0 unspecified atom stereocenters. The van der Waals surface area contributed by atoms with Crippen LogP contribution < -0.4 is 14.4 Å². The van der Waals surface area contributed by atoms with E-state index in [-0.39, 0.29) is 17.4 Å². The minimum absolute atomic E-state index is 0.276. The Hall–Kier alpha value is -3.93. The topological polar surface area (TPSA) is 51.1 Å². The standard InChI is InChI=1S/C24H19FN2O3/c1-29-20-12-6-17(7-13-20)23-26-22(15-16-4-3-5-21(14-16)30-2)24(28)27(23)19-10-8-18(25)9-11-19/h3-15H,1-2H3/b22-15+. The van der Waals surface area contributed by atoms with E-state index >= 15 is 0 Å². The normalized spacial score (nSPS) is 14.8. The van der Waals surface area contributed by atoms with Crippen molar-refractivity contribution < 1.29 is 18.7 Å². The average Bonchev–Trinajstić information content (AvgIpc) is 3.10. The van der Waals surface area contributed by atoms with Gasteiger partial charge in [0, 0.05) is 5.56 Å². The summed E-state index contributed by atoms with van der Waals surface area (Å²) in [5, 5.41) is 0. The van der Waals surface area contributed by atoms with Crippen LogP contribution >= 0.6 is 0 Å². The quantitative estimate of drug-likeness (QED) is 0.583. The van der Waals surface area contributed by atoms with E-state index in [1.807, 2.05) is 36.4 Å². The lowest BCUT2D eigenvalue weighted by molar-refractivity contribution is -0.113. The molecule has 4 rings (SSSR count). The van der Waals surface area contributed by atoms with E-state index in [9.17, 15) is 9.18 Å². The summed E-state index contributed by atoms with van der Waals surface area (Å²) in [6.45, 7) is 0. The highest BCUT2D eigenvalue weighted by Gasteiger charge is 2.32. The van der Waals surface area contributed by atoms with Crippen molar-refractivity contribution in [2.24, 2.45) is 4.99 Å². The highest BCUT2D eigenvalue weighted by Crippen LogP contribution is 2.29. The molecule has 0 bridgehead atoms. The maximum atomic E-state index is 13.4. The maximum absolute atomic E-state index is 13.4. The van der Waals surface area contributed by atoms with Crippen molar-refractivity contribution in [3.63, 3.8) is 0 Å². The Labute approximate surface area is 173 Å². The largest absolute Gasteiger partial charge is 0.497 e. The van der Waals surface area contributed by atoms with Gasteiger partial charge < -0.3 is 9.47 Å². The summed E-state index contributed by atoms with van der Waals surface area (Å²) in [5.74, 6) is 1.17. The fraction of sp³-hybridized carbons (Fsp3) is 0.0833. The van der Waals surface area contributed by atoms with E-state index < -0.39 is 0 Å². The van der Waals surface area contributed by atoms with Gasteiger partial charge in [-0.15, -0.1) is 0 Å². The van der Waals surface area contributed by atoms with Gasteiger partial charge in [-0.2, -0.15) is 0 Å². The fourth-order valence-corrected chi connectivity index (χ4v) is 3.17. The zero-order chi connectivity index (χ0) is 21.1. The van der Waals surface area contributed by atoms with Crippen LogP contribution in [0.4, 0.5) is 10.1 Å². The number of hydrogen-bond donors (Lipinski definition) is 0. The van der Waals surface area contributed by atoms with Crippen molar-refractivity contribution in [2.75, 3.05) is 19.1 Å². The molecule has 1 aliphatic rings. The smallest absolute Gasteiger partial charge is 0.282 e. The number of carbonyl (C=O) groups is 1. The monoisotopic (exact) mass is 402 g/mol. The summed E-state index contributed by atoms with van der Waals surface area (Å²) in [5.41, 5.74) is 2.34. The summed E-state index contributed by atoms with van der Waals surface area (Å²) in [6.07, 6.45) is 1.71. The summed E-state index contributed by atoms with van der Waals surface area (Å²) >= 11 is 0. The lowest BCUT2D eigenvalue weighted by atomic mass is 10.1. The van der Waals surface area contributed by atoms with Crippen LogP contribution in [0.3, 0.4) is 0 Å². The van der Waals surface area contributed by atoms with Crippen LogP contribution in [0, 0.1) is 5.82 Å². The highest BCUT2D eigenvalue weighted by atomic mass is 19.1. The van der Waals surface area contributed by atoms with E-state index in [2.05, 4.69) is 4.99 Å². The first-order valence-corrected chi connectivity index (χ1v) is 9.28. The number of ether oxygens (including phenoxy) is 2. The second-order valence-corrected chi connectivity index (χ2v) is 6.59. The van der Waals surface area contributed by atoms with Gasteiger partial charge in [0.2, 0.25) is 0 Å². The molecule has 3 aromatic rings. The van der Waals surface area contributed by atoms with Crippen LogP contribution in [0.5, 0.6) is 11.5 Å². The van der Waals surface area contributed by atoms with E-state index in [1.54, 1.807) is 44.6 Å². The predicted octanol–water partition coefficient (Wildman–Crippen LogP) is 4.68. The highest BCUT2D eigenvalue weighted by molar-refractivity contribution is 6.33. The molecule has 0 radical (unpaired) electrons. The molecule has 0 aliphatic carbocycles. The zero-order valence-corrected chi connectivity index (χ0v) is 16.5. The number of methoxy groups -OCH3 is 2. The first-order chi connectivity index (χ1) is 14.6. The Morgan fingerprint density at radius 1 is 0.900 bits per heavy atom. The number of anilines is 1. The molecule has 30 heavy (non-hydrogen) atoms. The van der Waals surface area contributed by atoms with Gasteiger partial charge in [-0.05, 0) is 72.3 Å². The summed E-state index contributed by atoms with van der Waals surface area (Å²) in [7, 11) is 3.18. The Balaban J connectivity index is 1.80. The fourth-order valence-electron chi connectivity index (χ4n) is 3.17. The number of nitrogens with zero attached hydrogens (tertiary/aromatic N) is 2. The van der Waals surface area contributed by atoms with E-state index in [1.165, 1.54) is 17.0 Å². The third-order valence-electron chi connectivity index (χ3n) is 4.69. The van der Waals surface area contributed by atoms with Crippen LogP contribution in [0.25, 0.3) is 6.08 Å². The molecule has 0 saturated heterocycles. The first-order valence-electron chi connectivity index (χ1n) is 9.28. The number of amidine groups is 1. The van der Waals surface area contributed by atoms with E-state index in [0.717, 1.165) is 11.1 Å². The number of hydrogen-bond acceptors (Lipinski definition) is 4. The number of halogens is 1. The molecule has 6 heteroatoms. The third kappa shape index (κ3) is 3.80. The molecule has 0 saturated carbocycles. The molecule has 1 amide bonds. The number of benzene rings is 3. The summed E-state index contributed by atoms with van der Waals surface area (Å²) in [6, 6.07) is 20.4. The molecule has 0 fully saturated rings. The van der Waals surface area contributed by atoms with Crippen molar-refractivity contribution in [3.05, 3.63) is 95.4 Å². The van der Waals surface area contributed by atoms with Crippen molar-refractivity contribution in [3.8, 4) is 11.5 Å². The van der Waals surface area contributed by atoms with Gasteiger partial charge in [0.25, 0.3) is 5.91 Å². The molecule has 150 valence electrons. The van der Waals surface area contributed by atoms with E-state index in [4.69, 9.17) is 9.47 Å². The minimum atomic E-state index is -0.375. The Bertz CT molecular complexity index is 1140. The first kappa shape index (κ1) is 19.4. The van der Waals surface area contributed by atoms with E-state index in [0.29, 0.717) is 23.0 Å². The van der Waals surface area contributed by atoms with Gasteiger partial charge in [-0.3, -0.25) is 9.69 Å². The molecule has 0 atom stereocenters. The van der Waals surface area contributed by atoms with Crippen molar-refractivity contribution in [1.29, 1.82) is 0 Å². The minimum Gasteiger partial charge on any atom is -0.497 e. The predicted molar refractivity (Wildman–Crippen MR) is 114 cm³/mol. The van der Waals surface area contributed by atoms with Gasteiger partial charge in [0.05, 0.1) is 19.9 Å². The molecule has 0 aromatic heterocycles. The third-order valence-corrected chi connectivity index (χ3v) is 4.69. The van der Waals surface area contributed by atoms with Crippen molar-refractivity contribution >= 4 is 23.5 Å². The van der Waals surface area contributed by atoms with Gasteiger partial charge in [-0.1, -0.05) is 12.1 Å². The van der Waals surface area contributed by atoms with Crippen LogP contribution in [0.1, 0.15) is 11.1 Å². The average molecular weight is 402 g/mol. The zero-order valence-electron chi connectivity index (χ0n) is 16.5. The molecule has 5 nitrogen and oxygen atoms in total. The van der Waals surface area contributed by atoms with Crippen LogP contribution in [0.15, 0.2) is 83.5 Å². The molecule has 3 aromatic carbocycles. The van der Waals surface area contributed by atoms with Gasteiger partial charge in [0.1, 0.15) is 28.8 Å². The molecule has 1 heterocycles. The van der Waals surface area contributed by atoms with Crippen molar-refractivity contribution in [2.45, 2.75) is 0 Å². The number of amides is 1. The molecular formula is C24H19FN2O3. The lowest BCUT2D eigenvalue weighted by Gasteiger charge is -2.18. The molecule has 0 N–H and O–H groups in total. The Morgan fingerprint density at radius 3 is 2.27 bits per heavy atom. The molecule has 1 aliphatic heterocycles. The van der Waals surface area contributed by atoms with Gasteiger partial charge in [-0.25, -0.2) is 9.38 Å². The number of carbonyl (C=O) groups excluding carboxylic acids is 1. The number of rotatable bonds is 5. The Morgan fingerprint density at radius 2 is 1.60 bits per heavy atom. The van der Waals surface area contributed by atoms with Crippen LogP contribution in [-0.2, 0) is 4.79 Å². The second kappa shape index (κ2) is 8.21. The molecule has 0 spiro atoms. The van der Waals surface area contributed by atoms with Gasteiger partial charge in [0.15, 0.2) is 0 Å². The number of aliphatic imine (C=N–C) groups is 1. The molecular weight excluding hydrogens is 383 g/mol. The van der Waals surface area contributed by atoms with Gasteiger partial charge >= 0.3 is 0 Å². The summed E-state index contributed by atoms with van der Waals surface area (Å²) < 4.78 is 23.9. The Kier molecular flexibility index (Phi) is 5.30.